The molecule has 0 aliphatic carbocycles. The molecule has 0 unspecified atom stereocenters. The molecule has 0 spiro atoms. The van der Waals surface area contributed by atoms with Crippen molar-refractivity contribution >= 4 is 11.6 Å². The van der Waals surface area contributed by atoms with Gasteiger partial charge in [0.1, 0.15) is 0 Å². The second-order valence-electron chi connectivity index (χ2n) is 5.04. The summed E-state index contributed by atoms with van der Waals surface area (Å²) in [4.78, 5) is 15.6. The molecule has 1 rings (SSSR count). The third-order valence-corrected chi connectivity index (χ3v) is 3.08. The first kappa shape index (κ1) is 17.3. The van der Waals surface area contributed by atoms with Crippen LogP contribution in [0.5, 0.6) is 0 Å². The third-order valence-electron chi connectivity index (χ3n) is 3.08. The lowest BCUT2D eigenvalue weighted by molar-refractivity contribution is -0.137. The summed E-state index contributed by atoms with van der Waals surface area (Å²) < 4.78 is 38.3. The van der Waals surface area contributed by atoms with Crippen molar-refractivity contribution < 1.29 is 18.0 Å². The van der Waals surface area contributed by atoms with Gasteiger partial charge in [-0.1, -0.05) is 0 Å². The number of anilines is 1. The van der Waals surface area contributed by atoms with E-state index in [1.54, 1.807) is 14.1 Å². The van der Waals surface area contributed by atoms with E-state index in [1.807, 2.05) is 19.0 Å². The summed E-state index contributed by atoms with van der Waals surface area (Å²) in [5.74, 6) is -0.438. The van der Waals surface area contributed by atoms with Crippen molar-refractivity contribution in [2.24, 2.45) is 0 Å². The Balaban J connectivity index is 3.06. The van der Waals surface area contributed by atoms with Crippen molar-refractivity contribution in [3.63, 3.8) is 0 Å². The predicted octanol–water partition coefficient (Wildman–Crippen LogP) is 2.38. The third kappa shape index (κ3) is 4.63. The first-order chi connectivity index (χ1) is 9.66. The van der Waals surface area contributed by atoms with Crippen LogP contribution in [0, 0.1) is 0 Å². The molecule has 21 heavy (non-hydrogen) atoms. The standard InChI is InChI=1S/C14H20F3N3O/c1-18-12-6-5-10(14(15,16)17)9-11(12)13(21)20(4)8-7-19(2)3/h5-6,9,18H,7-8H2,1-4H3. The summed E-state index contributed by atoms with van der Waals surface area (Å²) in [7, 11) is 6.87. The molecule has 118 valence electrons. The molecule has 1 aromatic carbocycles. The van der Waals surface area contributed by atoms with Gasteiger partial charge in [-0.15, -0.1) is 0 Å². The maximum atomic E-state index is 12.8. The Labute approximate surface area is 122 Å². The molecule has 0 heterocycles. The van der Waals surface area contributed by atoms with Crippen LogP contribution in [0.1, 0.15) is 15.9 Å². The normalized spacial score (nSPS) is 11.6. The zero-order chi connectivity index (χ0) is 16.2. The number of nitrogens with zero attached hydrogens (tertiary/aromatic N) is 2. The van der Waals surface area contributed by atoms with Crippen molar-refractivity contribution in [1.82, 2.24) is 9.80 Å². The number of alkyl halides is 3. The highest BCUT2D eigenvalue weighted by molar-refractivity contribution is 5.99. The van der Waals surface area contributed by atoms with Gasteiger partial charge in [0.05, 0.1) is 11.1 Å². The summed E-state index contributed by atoms with van der Waals surface area (Å²) in [5, 5.41) is 2.75. The number of amides is 1. The molecule has 0 fully saturated rings. The van der Waals surface area contributed by atoms with Gasteiger partial charge in [-0.05, 0) is 32.3 Å². The number of likely N-dealkylation sites (N-methyl/N-ethyl adjacent to an activating group) is 2. The highest BCUT2D eigenvalue weighted by Gasteiger charge is 2.32. The van der Waals surface area contributed by atoms with E-state index in [4.69, 9.17) is 0 Å². The second-order valence-corrected chi connectivity index (χ2v) is 5.04. The molecule has 4 nitrogen and oxygen atoms in total. The van der Waals surface area contributed by atoms with E-state index in [2.05, 4.69) is 5.32 Å². The molecule has 0 saturated heterocycles. The Bertz CT molecular complexity index is 501. The molecular formula is C14H20F3N3O. The molecule has 0 aliphatic heterocycles. The molecule has 1 N–H and O–H groups in total. The highest BCUT2D eigenvalue weighted by atomic mass is 19.4. The SMILES string of the molecule is CNc1ccc(C(F)(F)F)cc1C(=O)N(C)CCN(C)C. The Hall–Kier alpha value is -1.76. The molecule has 0 atom stereocenters. The number of benzene rings is 1. The Morgan fingerprint density at radius 3 is 2.29 bits per heavy atom. The fraction of sp³-hybridized carbons (Fsp3) is 0.500. The van der Waals surface area contributed by atoms with Crippen molar-refractivity contribution in [2.45, 2.75) is 6.18 Å². The Morgan fingerprint density at radius 2 is 1.81 bits per heavy atom. The molecule has 7 heteroatoms. The number of nitrogens with one attached hydrogen (secondary N) is 1. The van der Waals surface area contributed by atoms with E-state index in [-0.39, 0.29) is 5.56 Å². The summed E-state index contributed by atoms with van der Waals surface area (Å²) in [5.41, 5.74) is -0.427. The van der Waals surface area contributed by atoms with Gasteiger partial charge in [0, 0.05) is 32.9 Å². The minimum absolute atomic E-state index is 0.0218. The Kier molecular flexibility index (Phi) is 5.60. The van der Waals surface area contributed by atoms with Gasteiger partial charge < -0.3 is 15.1 Å². The van der Waals surface area contributed by atoms with Gasteiger partial charge >= 0.3 is 6.18 Å². The van der Waals surface area contributed by atoms with Gasteiger partial charge in [-0.25, -0.2) is 0 Å². The summed E-state index contributed by atoms with van der Waals surface area (Å²) in [6, 6.07) is 3.12. The second kappa shape index (κ2) is 6.80. The van der Waals surface area contributed by atoms with E-state index in [0.29, 0.717) is 18.8 Å². The largest absolute Gasteiger partial charge is 0.416 e. The van der Waals surface area contributed by atoms with E-state index in [9.17, 15) is 18.0 Å². The first-order valence-electron chi connectivity index (χ1n) is 6.46. The zero-order valence-electron chi connectivity index (χ0n) is 12.6. The van der Waals surface area contributed by atoms with Crippen molar-refractivity contribution in [1.29, 1.82) is 0 Å². The number of hydrogen-bond acceptors (Lipinski definition) is 3. The van der Waals surface area contributed by atoms with Crippen LogP contribution in [0.3, 0.4) is 0 Å². The maximum absolute atomic E-state index is 12.8. The van der Waals surface area contributed by atoms with Crippen LogP contribution in [-0.2, 0) is 6.18 Å². The first-order valence-corrected chi connectivity index (χ1v) is 6.46. The molecular weight excluding hydrogens is 283 g/mol. The number of carbonyl (C=O) groups excluding carboxylic acids is 1. The smallest absolute Gasteiger partial charge is 0.387 e. The zero-order valence-corrected chi connectivity index (χ0v) is 12.6. The van der Waals surface area contributed by atoms with Crippen molar-refractivity contribution in [3.8, 4) is 0 Å². The van der Waals surface area contributed by atoms with Crippen LogP contribution in [0.25, 0.3) is 0 Å². The summed E-state index contributed by atoms with van der Waals surface area (Å²) in [6.07, 6.45) is -4.47. The quantitative estimate of drug-likeness (QED) is 0.907. The fourth-order valence-electron chi connectivity index (χ4n) is 1.77. The van der Waals surface area contributed by atoms with E-state index < -0.39 is 17.6 Å². The number of rotatable bonds is 5. The fourth-order valence-corrected chi connectivity index (χ4v) is 1.77. The van der Waals surface area contributed by atoms with E-state index in [0.717, 1.165) is 12.1 Å². The predicted molar refractivity (Wildman–Crippen MR) is 76.5 cm³/mol. The lowest BCUT2D eigenvalue weighted by atomic mass is 10.1. The lowest BCUT2D eigenvalue weighted by Gasteiger charge is -2.21. The monoisotopic (exact) mass is 303 g/mol. The molecule has 0 saturated carbocycles. The molecule has 0 radical (unpaired) electrons. The van der Waals surface area contributed by atoms with Crippen molar-refractivity contribution in [3.05, 3.63) is 29.3 Å². The van der Waals surface area contributed by atoms with E-state index >= 15 is 0 Å². The summed E-state index contributed by atoms with van der Waals surface area (Å²) >= 11 is 0. The molecule has 1 amide bonds. The number of halogens is 3. The average molecular weight is 303 g/mol. The molecule has 0 bridgehead atoms. The van der Waals surface area contributed by atoms with Crippen LogP contribution in [0.2, 0.25) is 0 Å². The average Bonchev–Trinajstić information content (AvgIpc) is 2.42. The maximum Gasteiger partial charge on any atom is 0.416 e. The lowest BCUT2D eigenvalue weighted by Crippen LogP contribution is -2.34. The van der Waals surface area contributed by atoms with Crippen LogP contribution in [0.15, 0.2) is 18.2 Å². The molecule has 0 aromatic heterocycles. The van der Waals surface area contributed by atoms with Gasteiger partial charge in [0.25, 0.3) is 5.91 Å². The van der Waals surface area contributed by atoms with Crippen LogP contribution in [-0.4, -0.2) is 57.0 Å². The van der Waals surface area contributed by atoms with Crippen molar-refractivity contribution in [2.75, 3.05) is 46.6 Å². The topological polar surface area (TPSA) is 35.6 Å². The minimum atomic E-state index is -4.47. The Morgan fingerprint density at radius 1 is 1.19 bits per heavy atom. The van der Waals surface area contributed by atoms with Gasteiger partial charge in [0.15, 0.2) is 0 Å². The van der Waals surface area contributed by atoms with Gasteiger partial charge in [-0.2, -0.15) is 13.2 Å². The minimum Gasteiger partial charge on any atom is -0.387 e. The molecule has 0 aliphatic rings. The van der Waals surface area contributed by atoms with Gasteiger partial charge in [-0.3, -0.25) is 4.79 Å². The molecule has 1 aromatic rings. The number of carbonyl (C=O) groups is 1. The van der Waals surface area contributed by atoms with Gasteiger partial charge in [0.2, 0.25) is 0 Å². The van der Waals surface area contributed by atoms with Crippen LogP contribution in [0.4, 0.5) is 18.9 Å². The van der Waals surface area contributed by atoms with E-state index in [1.165, 1.54) is 11.0 Å². The summed E-state index contributed by atoms with van der Waals surface area (Å²) in [6.45, 7) is 1.07. The highest BCUT2D eigenvalue weighted by Crippen LogP contribution is 2.32. The van der Waals surface area contributed by atoms with Crippen LogP contribution >= 0.6 is 0 Å². The number of hydrogen-bond donors (Lipinski definition) is 1. The van der Waals surface area contributed by atoms with Crippen LogP contribution < -0.4 is 5.32 Å².